The molecule has 2 amide bonds. The summed E-state index contributed by atoms with van der Waals surface area (Å²) in [5.74, 6) is 0. The number of amides is 2. The Bertz CT molecular complexity index is 914. The van der Waals surface area contributed by atoms with Crippen molar-refractivity contribution in [3.05, 3.63) is 53.1 Å². The highest BCUT2D eigenvalue weighted by atomic mass is 35.5. The first-order valence-electron chi connectivity index (χ1n) is 8.37. The lowest BCUT2D eigenvalue weighted by Crippen LogP contribution is -2.39. The summed E-state index contributed by atoms with van der Waals surface area (Å²) >= 11 is 5.82. The Balaban J connectivity index is 1.80. The maximum absolute atomic E-state index is 12.6. The van der Waals surface area contributed by atoms with Crippen LogP contribution in [0.25, 0.3) is 0 Å². The Kier molecular flexibility index (Phi) is 5.38. The van der Waals surface area contributed by atoms with Gasteiger partial charge in [-0.1, -0.05) is 18.5 Å². The molecule has 1 aliphatic rings. The molecule has 0 aromatic heterocycles. The summed E-state index contributed by atoms with van der Waals surface area (Å²) < 4.78 is 27.7. The number of rotatable bonds is 5. The minimum atomic E-state index is -3.71. The number of nitrogens with one attached hydrogen (secondary N) is 2. The van der Waals surface area contributed by atoms with E-state index >= 15 is 0 Å². The fourth-order valence-corrected chi connectivity index (χ4v) is 4.05. The van der Waals surface area contributed by atoms with Gasteiger partial charge < -0.3 is 5.32 Å². The molecule has 138 valence electrons. The van der Waals surface area contributed by atoms with Gasteiger partial charge in [-0.3, -0.25) is 9.62 Å². The number of sulfonamides is 1. The number of nitrogens with zero attached hydrogens (tertiary/aromatic N) is 1. The van der Waals surface area contributed by atoms with Gasteiger partial charge in [-0.15, -0.1) is 0 Å². The van der Waals surface area contributed by atoms with Gasteiger partial charge in [0.25, 0.3) is 10.0 Å². The lowest BCUT2D eigenvalue weighted by molar-refractivity contribution is 0.247. The zero-order valence-electron chi connectivity index (χ0n) is 14.3. The molecule has 1 heterocycles. The molecule has 0 bridgehead atoms. The molecule has 26 heavy (non-hydrogen) atoms. The minimum Gasteiger partial charge on any atom is -0.338 e. The fraction of sp³-hybridized carbons (Fsp3) is 0.278. The normalized spacial score (nSPS) is 13.4. The van der Waals surface area contributed by atoms with Crippen molar-refractivity contribution in [3.63, 3.8) is 0 Å². The van der Waals surface area contributed by atoms with Crippen molar-refractivity contribution < 1.29 is 13.2 Å². The summed E-state index contributed by atoms with van der Waals surface area (Å²) in [4.78, 5) is 14.0. The second-order valence-corrected chi connectivity index (χ2v) is 8.16. The van der Waals surface area contributed by atoms with Crippen LogP contribution in [0.1, 0.15) is 18.9 Å². The number of urea groups is 1. The number of halogens is 1. The number of fused-ring (bicyclic) bond motifs is 1. The van der Waals surface area contributed by atoms with Gasteiger partial charge in [0, 0.05) is 29.5 Å². The molecule has 0 aliphatic carbocycles. The van der Waals surface area contributed by atoms with Gasteiger partial charge in [0.1, 0.15) is 0 Å². The second-order valence-electron chi connectivity index (χ2n) is 6.04. The number of carbonyl (C=O) groups excluding carboxylic acids is 1. The summed E-state index contributed by atoms with van der Waals surface area (Å²) in [6, 6.07) is 11.1. The molecule has 2 aromatic rings. The molecule has 0 saturated heterocycles. The molecular weight excluding hydrogens is 374 g/mol. The van der Waals surface area contributed by atoms with Crippen molar-refractivity contribution in [1.29, 1.82) is 0 Å². The van der Waals surface area contributed by atoms with E-state index in [4.69, 9.17) is 11.6 Å². The van der Waals surface area contributed by atoms with E-state index in [1.807, 2.05) is 6.92 Å². The Morgan fingerprint density at radius 3 is 2.62 bits per heavy atom. The Morgan fingerprint density at radius 1 is 1.19 bits per heavy atom. The highest BCUT2D eigenvalue weighted by Crippen LogP contribution is 2.31. The molecule has 6 nitrogen and oxygen atoms in total. The van der Waals surface area contributed by atoms with Gasteiger partial charge in [0.05, 0.1) is 4.90 Å². The molecule has 2 N–H and O–H groups in total. The van der Waals surface area contributed by atoms with Gasteiger partial charge in [-0.25, -0.2) is 13.2 Å². The molecule has 0 atom stereocenters. The predicted molar refractivity (Wildman–Crippen MR) is 103 cm³/mol. The number of hydrogen-bond acceptors (Lipinski definition) is 3. The van der Waals surface area contributed by atoms with E-state index in [1.54, 1.807) is 41.3 Å². The zero-order valence-corrected chi connectivity index (χ0v) is 15.9. The van der Waals surface area contributed by atoms with E-state index in [0.29, 0.717) is 30.2 Å². The molecular formula is C18H20ClN3O3S. The highest BCUT2D eigenvalue weighted by molar-refractivity contribution is 7.92. The summed E-state index contributed by atoms with van der Waals surface area (Å²) in [5.41, 5.74) is 2.04. The smallest absolute Gasteiger partial charge is 0.321 e. The molecule has 1 aliphatic heterocycles. The largest absolute Gasteiger partial charge is 0.338 e. The molecule has 2 aromatic carbocycles. The Hall–Kier alpha value is -2.25. The van der Waals surface area contributed by atoms with Gasteiger partial charge in [0.15, 0.2) is 0 Å². The van der Waals surface area contributed by atoms with Crippen molar-refractivity contribution in [2.75, 3.05) is 22.7 Å². The van der Waals surface area contributed by atoms with Gasteiger partial charge >= 0.3 is 6.03 Å². The van der Waals surface area contributed by atoms with Crippen molar-refractivity contribution in [2.24, 2.45) is 0 Å². The lowest BCUT2D eigenvalue weighted by Gasteiger charge is -2.18. The van der Waals surface area contributed by atoms with Crippen molar-refractivity contribution in [3.8, 4) is 0 Å². The monoisotopic (exact) mass is 393 g/mol. The Labute approximate surface area is 158 Å². The van der Waals surface area contributed by atoms with Crippen molar-refractivity contribution >= 4 is 39.0 Å². The van der Waals surface area contributed by atoms with E-state index in [0.717, 1.165) is 17.7 Å². The number of hydrogen-bond donors (Lipinski definition) is 2. The van der Waals surface area contributed by atoms with Crippen LogP contribution in [-0.4, -0.2) is 27.5 Å². The first-order chi connectivity index (χ1) is 12.4. The van der Waals surface area contributed by atoms with Crippen LogP contribution in [0.4, 0.5) is 16.2 Å². The fourth-order valence-electron chi connectivity index (χ4n) is 2.82. The van der Waals surface area contributed by atoms with Crippen LogP contribution in [0.15, 0.2) is 47.4 Å². The molecule has 0 radical (unpaired) electrons. The first kappa shape index (κ1) is 18.5. The Morgan fingerprint density at radius 2 is 1.92 bits per heavy atom. The average molecular weight is 394 g/mol. The van der Waals surface area contributed by atoms with Crippen LogP contribution in [0.2, 0.25) is 5.02 Å². The topological polar surface area (TPSA) is 78.5 Å². The zero-order chi connectivity index (χ0) is 18.7. The van der Waals surface area contributed by atoms with Crippen LogP contribution < -0.4 is 14.9 Å². The molecule has 8 heteroatoms. The summed E-state index contributed by atoms with van der Waals surface area (Å²) in [6.07, 6.45) is 1.49. The third-order valence-electron chi connectivity index (χ3n) is 4.12. The third kappa shape index (κ3) is 3.94. The van der Waals surface area contributed by atoms with Crippen LogP contribution >= 0.6 is 11.6 Å². The van der Waals surface area contributed by atoms with E-state index in [2.05, 4.69) is 10.0 Å². The SMILES string of the molecule is CCCNC(=O)N1CCc2cc(S(=O)(=O)Nc3ccc(Cl)cc3)ccc21. The molecule has 3 rings (SSSR count). The molecule has 0 spiro atoms. The highest BCUT2D eigenvalue weighted by Gasteiger charge is 2.26. The molecule has 0 unspecified atom stereocenters. The first-order valence-corrected chi connectivity index (χ1v) is 10.2. The predicted octanol–water partition coefficient (Wildman–Crippen LogP) is 3.62. The van der Waals surface area contributed by atoms with Crippen molar-refractivity contribution in [2.45, 2.75) is 24.7 Å². The number of carbonyl (C=O) groups is 1. The summed E-state index contributed by atoms with van der Waals surface area (Å²) in [7, 11) is -3.71. The lowest BCUT2D eigenvalue weighted by atomic mass is 10.2. The van der Waals surface area contributed by atoms with Crippen LogP contribution in [0.5, 0.6) is 0 Å². The van der Waals surface area contributed by atoms with Crippen molar-refractivity contribution in [1.82, 2.24) is 5.32 Å². The van der Waals surface area contributed by atoms with Crippen LogP contribution in [0, 0.1) is 0 Å². The minimum absolute atomic E-state index is 0.152. The van der Waals surface area contributed by atoms with Gasteiger partial charge in [0.2, 0.25) is 0 Å². The maximum atomic E-state index is 12.6. The quantitative estimate of drug-likeness (QED) is 0.814. The number of benzene rings is 2. The van der Waals surface area contributed by atoms with E-state index in [9.17, 15) is 13.2 Å². The third-order valence-corrected chi connectivity index (χ3v) is 5.76. The van der Waals surface area contributed by atoms with E-state index < -0.39 is 10.0 Å². The maximum Gasteiger partial charge on any atom is 0.321 e. The van der Waals surface area contributed by atoms with E-state index in [1.165, 1.54) is 6.07 Å². The molecule has 0 saturated carbocycles. The standard InChI is InChI=1S/C18H20ClN3O3S/c1-2-10-20-18(23)22-11-9-13-12-16(7-8-17(13)22)26(24,25)21-15-5-3-14(19)4-6-15/h3-8,12,21H,2,9-11H2,1H3,(H,20,23). The molecule has 0 fully saturated rings. The summed E-state index contributed by atoms with van der Waals surface area (Å²) in [6.45, 7) is 3.14. The average Bonchev–Trinajstić information content (AvgIpc) is 3.05. The van der Waals surface area contributed by atoms with Crippen LogP contribution in [0.3, 0.4) is 0 Å². The number of anilines is 2. The van der Waals surface area contributed by atoms with E-state index in [-0.39, 0.29) is 10.9 Å². The van der Waals surface area contributed by atoms with Gasteiger partial charge in [-0.05, 0) is 60.9 Å². The van der Waals surface area contributed by atoms with Crippen LogP contribution in [-0.2, 0) is 16.4 Å². The summed E-state index contributed by atoms with van der Waals surface area (Å²) in [5, 5.41) is 3.38. The van der Waals surface area contributed by atoms with Gasteiger partial charge in [-0.2, -0.15) is 0 Å². The second kappa shape index (κ2) is 7.55.